The molecule has 2 heterocycles. The Balaban J connectivity index is 1.64. The number of fused-ring (bicyclic) bond motifs is 2. The number of hydrogen-bond acceptors (Lipinski definition) is 4. The molecule has 5 heteroatoms. The molecule has 1 fully saturated rings. The topological polar surface area (TPSA) is 48.0 Å². The van der Waals surface area contributed by atoms with Gasteiger partial charge in [0.05, 0.1) is 32.1 Å². The molecule has 0 N–H and O–H groups in total. The Morgan fingerprint density at radius 3 is 2.66 bits per heavy atom. The van der Waals surface area contributed by atoms with Crippen molar-refractivity contribution < 1.29 is 19.0 Å². The number of carbonyl (C=O) groups excluding carboxylic acids is 1. The predicted octanol–water partition coefficient (Wildman–Crippen LogP) is 4.56. The molecular formula is C24H29NO4. The van der Waals surface area contributed by atoms with E-state index >= 15 is 0 Å². The number of benzene rings is 2. The fourth-order valence-electron chi connectivity index (χ4n) is 3.87. The largest absolute Gasteiger partial charge is 0.493 e. The number of ether oxygens (including phenoxy) is 3. The van der Waals surface area contributed by atoms with Gasteiger partial charge in [-0.3, -0.25) is 4.79 Å². The zero-order valence-electron chi connectivity index (χ0n) is 17.4. The van der Waals surface area contributed by atoms with E-state index in [0.717, 1.165) is 41.0 Å². The van der Waals surface area contributed by atoms with Crippen LogP contribution < -0.4 is 9.64 Å². The van der Waals surface area contributed by atoms with Crippen LogP contribution in [0.15, 0.2) is 42.5 Å². The van der Waals surface area contributed by atoms with Gasteiger partial charge in [0.15, 0.2) is 0 Å². The molecule has 0 bridgehead atoms. The highest BCUT2D eigenvalue weighted by atomic mass is 16.7. The van der Waals surface area contributed by atoms with E-state index < -0.39 is 5.79 Å². The van der Waals surface area contributed by atoms with Crippen molar-refractivity contribution >= 4 is 11.6 Å². The molecule has 29 heavy (non-hydrogen) atoms. The van der Waals surface area contributed by atoms with Crippen molar-refractivity contribution in [1.29, 1.82) is 0 Å². The monoisotopic (exact) mass is 395 g/mol. The minimum atomic E-state index is -1.31. The zero-order valence-corrected chi connectivity index (χ0v) is 17.4. The van der Waals surface area contributed by atoms with Gasteiger partial charge in [-0.15, -0.1) is 0 Å². The van der Waals surface area contributed by atoms with E-state index in [2.05, 4.69) is 13.8 Å². The van der Waals surface area contributed by atoms with E-state index in [1.807, 2.05) is 49.4 Å². The van der Waals surface area contributed by atoms with Crippen LogP contribution in [-0.2, 0) is 26.6 Å². The molecule has 2 aromatic carbocycles. The predicted molar refractivity (Wildman–Crippen MR) is 112 cm³/mol. The summed E-state index contributed by atoms with van der Waals surface area (Å²) >= 11 is 0. The lowest BCUT2D eigenvalue weighted by molar-refractivity contribution is -0.256. The Hall–Kier alpha value is -2.37. The SMILES string of the molecule is Cc1ccc2c(c1)C1(OCCCO1)C(=O)N2Cc1ccccc1OCCC(C)C. The summed E-state index contributed by atoms with van der Waals surface area (Å²) in [6, 6.07) is 13.9. The summed E-state index contributed by atoms with van der Waals surface area (Å²) in [5.41, 5.74) is 3.71. The van der Waals surface area contributed by atoms with Gasteiger partial charge in [0, 0.05) is 11.1 Å². The molecule has 2 aliphatic rings. The molecule has 4 rings (SSSR count). The molecule has 0 aliphatic carbocycles. The molecule has 1 amide bonds. The first-order valence-electron chi connectivity index (χ1n) is 10.4. The van der Waals surface area contributed by atoms with Gasteiger partial charge in [-0.2, -0.15) is 0 Å². The van der Waals surface area contributed by atoms with Crippen LogP contribution in [0.1, 0.15) is 43.4 Å². The Bertz CT molecular complexity index is 886. The number of anilines is 1. The van der Waals surface area contributed by atoms with E-state index in [1.165, 1.54) is 0 Å². The highest BCUT2D eigenvalue weighted by molar-refractivity contribution is 6.06. The molecule has 2 aromatic rings. The van der Waals surface area contributed by atoms with E-state index in [-0.39, 0.29) is 5.91 Å². The molecule has 0 unspecified atom stereocenters. The average molecular weight is 395 g/mol. The third-order valence-corrected chi connectivity index (χ3v) is 5.48. The van der Waals surface area contributed by atoms with Gasteiger partial charge in [0.1, 0.15) is 5.75 Å². The minimum Gasteiger partial charge on any atom is -0.493 e. The normalized spacial score (nSPS) is 17.8. The van der Waals surface area contributed by atoms with Gasteiger partial charge < -0.3 is 19.1 Å². The van der Waals surface area contributed by atoms with Crippen LogP contribution in [0.2, 0.25) is 0 Å². The summed E-state index contributed by atoms with van der Waals surface area (Å²) in [4.78, 5) is 15.3. The lowest BCUT2D eigenvalue weighted by atomic mass is 10.0. The Morgan fingerprint density at radius 1 is 1.14 bits per heavy atom. The van der Waals surface area contributed by atoms with Crippen LogP contribution in [0.4, 0.5) is 5.69 Å². The lowest BCUT2D eigenvalue weighted by Gasteiger charge is -2.32. The summed E-state index contributed by atoms with van der Waals surface area (Å²) in [6.07, 6.45) is 1.78. The number of hydrogen-bond donors (Lipinski definition) is 0. The number of amides is 1. The van der Waals surface area contributed by atoms with Crippen molar-refractivity contribution in [2.24, 2.45) is 5.92 Å². The summed E-state index contributed by atoms with van der Waals surface area (Å²) in [6.45, 7) is 8.49. The second-order valence-corrected chi connectivity index (χ2v) is 8.22. The van der Waals surface area contributed by atoms with Crippen molar-refractivity contribution in [2.75, 3.05) is 24.7 Å². The highest BCUT2D eigenvalue weighted by Crippen LogP contribution is 2.46. The fourth-order valence-corrected chi connectivity index (χ4v) is 3.87. The van der Waals surface area contributed by atoms with E-state index in [1.54, 1.807) is 4.90 Å². The van der Waals surface area contributed by atoms with Crippen molar-refractivity contribution in [3.8, 4) is 5.75 Å². The maximum Gasteiger partial charge on any atom is 0.292 e. The molecule has 2 aliphatic heterocycles. The molecule has 0 radical (unpaired) electrons. The van der Waals surface area contributed by atoms with Gasteiger partial charge in [-0.25, -0.2) is 0 Å². The number of rotatable bonds is 6. The minimum absolute atomic E-state index is 0.158. The van der Waals surface area contributed by atoms with Crippen LogP contribution in [0.25, 0.3) is 0 Å². The second kappa shape index (κ2) is 8.17. The summed E-state index contributed by atoms with van der Waals surface area (Å²) in [5.74, 6) is -0.0683. The number of nitrogens with zero attached hydrogens (tertiary/aromatic N) is 1. The van der Waals surface area contributed by atoms with Crippen LogP contribution in [0.5, 0.6) is 5.75 Å². The van der Waals surface area contributed by atoms with Gasteiger partial charge in [-0.05, 0) is 43.9 Å². The fraction of sp³-hybridized carbons (Fsp3) is 0.458. The Labute approximate surface area is 172 Å². The van der Waals surface area contributed by atoms with Gasteiger partial charge >= 0.3 is 0 Å². The zero-order chi connectivity index (χ0) is 20.4. The number of carbonyl (C=O) groups is 1. The first-order valence-corrected chi connectivity index (χ1v) is 10.4. The molecule has 5 nitrogen and oxygen atoms in total. The quantitative estimate of drug-likeness (QED) is 0.720. The smallest absolute Gasteiger partial charge is 0.292 e. The summed E-state index contributed by atoms with van der Waals surface area (Å²) in [5, 5.41) is 0. The third kappa shape index (κ3) is 3.77. The standard InChI is InChI=1S/C24H29NO4/c1-17(2)11-14-27-22-8-5-4-7-19(22)16-25-21-10-9-18(3)15-20(21)24(23(25)26)28-12-6-13-29-24/h4-5,7-10,15,17H,6,11-14,16H2,1-3H3. The number of para-hydroxylation sites is 1. The van der Waals surface area contributed by atoms with Crippen LogP contribution in [-0.4, -0.2) is 25.7 Å². The van der Waals surface area contributed by atoms with Gasteiger partial charge in [0.25, 0.3) is 11.7 Å². The Morgan fingerprint density at radius 2 is 1.90 bits per heavy atom. The van der Waals surface area contributed by atoms with Gasteiger partial charge in [0.2, 0.25) is 0 Å². The van der Waals surface area contributed by atoms with Crippen molar-refractivity contribution in [2.45, 2.75) is 45.9 Å². The van der Waals surface area contributed by atoms with Gasteiger partial charge in [-0.1, -0.05) is 43.7 Å². The maximum absolute atomic E-state index is 13.5. The molecule has 0 atom stereocenters. The van der Waals surface area contributed by atoms with E-state index in [0.29, 0.717) is 32.3 Å². The summed E-state index contributed by atoms with van der Waals surface area (Å²) < 4.78 is 18.0. The van der Waals surface area contributed by atoms with E-state index in [4.69, 9.17) is 14.2 Å². The molecule has 1 spiro atoms. The van der Waals surface area contributed by atoms with Crippen LogP contribution in [0.3, 0.4) is 0 Å². The third-order valence-electron chi connectivity index (χ3n) is 5.48. The van der Waals surface area contributed by atoms with Crippen LogP contribution >= 0.6 is 0 Å². The maximum atomic E-state index is 13.5. The molecule has 154 valence electrons. The molecule has 1 saturated heterocycles. The van der Waals surface area contributed by atoms with Crippen molar-refractivity contribution in [3.63, 3.8) is 0 Å². The van der Waals surface area contributed by atoms with Crippen molar-refractivity contribution in [1.82, 2.24) is 0 Å². The van der Waals surface area contributed by atoms with Crippen molar-refractivity contribution in [3.05, 3.63) is 59.2 Å². The first-order chi connectivity index (χ1) is 14.0. The van der Waals surface area contributed by atoms with Crippen LogP contribution in [0, 0.1) is 12.8 Å². The first kappa shape index (κ1) is 19.9. The van der Waals surface area contributed by atoms with E-state index in [9.17, 15) is 4.79 Å². The second-order valence-electron chi connectivity index (χ2n) is 8.22. The highest BCUT2D eigenvalue weighted by Gasteiger charge is 2.54. The average Bonchev–Trinajstić information content (AvgIpc) is 2.92. The Kier molecular flexibility index (Phi) is 5.61. The molecular weight excluding hydrogens is 366 g/mol. The number of aryl methyl sites for hydroxylation is 1. The summed E-state index contributed by atoms with van der Waals surface area (Å²) in [7, 11) is 0. The lowest BCUT2D eigenvalue weighted by Crippen LogP contribution is -2.47. The molecule has 0 saturated carbocycles. The molecule has 0 aromatic heterocycles.